The van der Waals surface area contributed by atoms with E-state index < -0.39 is 38.2 Å². The van der Waals surface area contributed by atoms with Gasteiger partial charge in [0.2, 0.25) is 10.0 Å². The summed E-state index contributed by atoms with van der Waals surface area (Å²) < 4.78 is 63.1. The molecule has 226 valence electrons. The predicted octanol–water partition coefficient (Wildman–Crippen LogP) is 3.11. The number of hydrogen-bond donors (Lipinski definition) is 1. The van der Waals surface area contributed by atoms with Gasteiger partial charge < -0.3 is 19.5 Å². The van der Waals surface area contributed by atoms with Crippen molar-refractivity contribution in [3.63, 3.8) is 0 Å². The van der Waals surface area contributed by atoms with Gasteiger partial charge in [-0.3, -0.25) is 0 Å². The lowest BCUT2D eigenvalue weighted by atomic mass is 10.1. The first-order valence-electron chi connectivity index (χ1n) is 14.1. The van der Waals surface area contributed by atoms with Crippen molar-refractivity contribution < 1.29 is 36.2 Å². The van der Waals surface area contributed by atoms with Crippen molar-refractivity contribution in [3.8, 4) is 5.75 Å². The largest absolute Gasteiger partial charge is 0.497 e. The number of carbonyl (C=O) groups is 1. The van der Waals surface area contributed by atoms with Crippen LogP contribution < -0.4 is 4.74 Å². The number of nitrogens with zero attached hydrogens (tertiary/aromatic N) is 2. The molecule has 2 aliphatic rings. The number of benzene rings is 2. The first kappa shape index (κ1) is 31.3. The van der Waals surface area contributed by atoms with Crippen LogP contribution in [0.2, 0.25) is 0 Å². The van der Waals surface area contributed by atoms with Crippen LogP contribution in [0.25, 0.3) is 0 Å². The topological polar surface area (TPSA) is 131 Å². The van der Waals surface area contributed by atoms with Crippen molar-refractivity contribution in [2.45, 2.75) is 55.6 Å². The molecule has 1 unspecified atom stereocenters. The van der Waals surface area contributed by atoms with E-state index in [0.29, 0.717) is 12.2 Å². The maximum Gasteiger partial charge on any atom is 0.410 e. The minimum atomic E-state index is -3.94. The number of carbonyl (C=O) groups excluding carboxylic acids is 1. The Balaban J connectivity index is 1.49. The highest BCUT2D eigenvalue weighted by Crippen LogP contribution is 2.28. The molecule has 0 bridgehead atoms. The Morgan fingerprint density at radius 1 is 1.02 bits per heavy atom. The number of hydrogen-bond acceptors (Lipinski definition) is 8. The summed E-state index contributed by atoms with van der Waals surface area (Å²) in [5.41, 5.74) is 0.980. The molecule has 2 aromatic carbocycles. The Morgan fingerprint density at radius 3 is 2.32 bits per heavy atom. The lowest BCUT2D eigenvalue weighted by Crippen LogP contribution is -2.46. The van der Waals surface area contributed by atoms with Gasteiger partial charge in [-0.15, -0.1) is 0 Å². The molecule has 1 N–H and O–H groups in total. The summed E-state index contributed by atoms with van der Waals surface area (Å²) in [6.07, 6.45) is 2.00. The standard InChI is InChI=1S/C29H40N2O8S2/c1-38-26-11-13-28(14-12-26)41(36,37)31(19-24-9-5-6-10-24)21-25(32)20-30(17-15-23-7-3-2-4-8-23)29(33)39-27-16-18-40(34,35)22-27/h2-4,7-8,11-14,24-25,27,32H,5-6,9-10,15-22H2,1H3/t25-,27?/m0/s1. The molecule has 2 aromatic rings. The maximum atomic E-state index is 13.7. The predicted molar refractivity (Wildman–Crippen MR) is 155 cm³/mol. The Labute approximate surface area is 243 Å². The van der Waals surface area contributed by atoms with Gasteiger partial charge in [0.25, 0.3) is 0 Å². The fourth-order valence-electron chi connectivity index (χ4n) is 5.43. The second-order valence-electron chi connectivity index (χ2n) is 10.9. The van der Waals surface area contributed by atoms with Gasteiger partial charge in [0, 0.05) is 19.6 Å². The van der Waals surface area contributed by atoms with Crippen molar-refractivity contribution in [2.24, 2.45) is 5.92 Å². The molecule has 10 nitrogen and oxygen atoms in total. The molecule has 1 saturated carbocycles. The molecule has 41 heavy (non-hydrogen) atoms. The van der Waals surface area contributed by atoms with Crippen LogP contribution in [0.4, 0.5) is 4.79 Å². The van der Waals surface area contributed by atoms with Crippen LogP contribution in [0.15, 0.2) is 59.5 Å². The lowest BCUT2D eigenvalue weighted by Gasteiger charge is -2.30. The van der Waals surface area contributed by atoms with E-state index in [9.17, 15) is 26.7 Å². The van der Waals surface area contributed by atoms with Gasteiger partial charge in [-0.05, 0) is 61.4 Å². The molecule has 1 aliphatic heterocycles. The number of amides is 1. The molecule has 12 heteroatoms. The monoisotopic (exact) mass is 608 g/mol. The zero-order valence-electron chi connectivity index (χ0n) is 23.4. The number of aliphatic hydroxyl groups is 1. The zero-order chi connectivity index (χ0) is 29.5. The third-order valence-electron chi connectivity index (χ3n) is 7.71. The van der Waals surface area contributed by atoms with Gasteiger partial charge in [-0.2, -0.15) is 4.31 Å². The third kappa shape index (κ3) is 8.91. The molecule has 2 atom stereocenters. The van der Waals surface area contributed by atoms with Gasteiger partial charge in [-0.1, -0.05) is 43.2 Å². The average Bonchev–Trinajstić information content (AvgIpc) is 3.59. The molecule has 4 rings (SSSR count). The molecule has 1 aliphatic carbocycles. The Kier molecular flexibility index (Phi) is 10.7. The van der Waals surface area contributed by atoms with E-state index in [1.807, 2.05) is 30.3 Å². The highest BCUT2D eigenvalue weighted by molar-refractivity contribution is 7.91. The highest BCUT2D eigenvalue weighted by Gasteiger charge is 2.34. The summed E-state index contributed by atoms with van der Waals surface area (Å²) in [6, 6.07) is 15.7. The summed E-state index contributed by atoms with van der Waals surface area (Å²) in [6.45, 7) is 0.134. The number of rotatable bonds is 13. The second-order valence-corrected chi connectivity index (χ2v) is 15.1. The minimum absolute atomic E-state index is 0.0308. The van der Waals surface area contributed by atoms with Gasteiger partial charge in [0.1, 0.15) is 11.9 Å². The molecule has 2 fully saturated rings. The van der Waals surface area contributed by atoms with E-state index in [1.54, 1.807) is 12.1 Å². The quantitative estimate of drug-likeness (QED) is 0.367. The Morgan fingerprint density at radius 2 is 1.71 bits per heavy atom. The van der Waals surface area contributed by atoms with Gasteiger partial charge in [0.05, 0.1) is 36.2 Å². The SMILES string of the molecule is COc1ccc(S(=O)(=O)N(CC2CCCC2)C[C@@H](O)CN(CCc2ccccc2)C(=O)OC2CCS(=O)(=O)C2)cc1. The first-order valence-corrected chi connectivity index (χ1v) is 17.3. The van der Waals surface area contributed by atoms with Crippen molar-refractivity contribution in [3.05, 3.63) is 60.2 Å². The smallest absolute Gasteiger partial charge is 0.410 e. The van der Waals surface area contributed by atoms with E-state index in [2.05, 4.69) is 0 Å². The van der Waals surface area contributed by atoms with Crippen LogP contribution >= 0.6 is 0 Å². The fourth-order valence-corrected chi connectivity index (χ4v) is 8.58. The molecule has 1 heterocycles. The van der Waals surface area contributed by atoms with Crippen LogP contribution in [0.3, 0.4) is 0 Å². The molecule has 1 amide bonds. The van der Waals surface area contributed by atoms with E-state index in [-0.39, 0.29) is 54.9 Å². The highest BCUT2D eigenvalue weighted by atomic mass is 32.2. The maximum absolute atomic E-state index is 13.7. The number of aliphatic hydroxyl groups excluding tert-OH is 1. The normalized spacial score (nSPS) is 19.7. The van der Waals surface area contributed by atoms with Gasteiger partial charge in [-0.25, -0.2) is 21.6 Å². The van der Waals surface area contributed by atoms with Crippen molar-refractivity contribution in [1.82, 2.24) is 9.21 Å². The van der Waals surface area contributed by atoms with E-state index >= 15 is 0 Å². The van der Waals surface area contributed by atoms with Crippen LogP contribution in [0, 0.1) is 5.92 Å². The van der Waals surface area contributed by atoms with Crippen molar-refractivity contribution in [1.29, 1.82) is 0 Å². The molecular formula is C29H40N2O8S2. The van der Waals surface area contributed by atoms with E-state index in [0.717, 1.165) is 31.2 Å². The van der Waals surface area contributed by atoms with Crippen LogP contribution in [0.1, 0.15) is 37.7 Å². The molecular weight excluding hydrogens is 568 g/mol. The molecule has 0 spiro atoms. The number of ether oxygens (including phenoxy) is 2. The summed E-state index contributed by atoms with van der Waals surface area (Å²) in [4.78, 5) is 14.6. The van der Waals surface area contributed by atoms with Crippen LogP contribution in [-0.4, -0.2) is 94.2 Å². The molecule has 0 radical (unpaired) electrons. The first-order chi connectivity index (χ1) is 19.6. The molecule has 0 aromatic heterocycles. The van der Waals surface area contributed by atoms with Crippen molar-refractivity contribution in [2.75, 3.05) is 44.8 Å². The number of methoxy groups -OCH3 is 1. The summed E-state index contributed by atoms with van der Waals surface area (Å²) in [5.74, 6) is 0.479. The minimum Gasteiger partial charge on any atom is -0.497 e. The van der Waals surface area contributed by atoms with Gasteiger partial charge in [0.15, 0.2) is 9.84 Å². The van der Waals surface area contributed by atoms with Crippen molar-refractivity contribution >= 4 is 26.0 Å². The van der Waals surface area contributed by atoms with E-state index in [1.165, 1.54) is 28.4 Å². The van der Waals surface area contributed by atoms with E-state index in [4.69, 9.17) is 9.47 Å². The Hall–Kier alpha value is -2.67. The summed E-state index contributed by atoms with van der Waals surface area (Å²) in [5, 5.41) is 11.2. The van der Waals surface area contributed by atoms with Crippen LogP contribution in [-0.2, 0) is 31.0 Å². The zero-order valence-corrected chi connectivity index (χ0v) is 25.1. The van der Waals surface area contributed by atoms with Gasteiger partial charge >= 0.3 is 6.09 Å². The lowest BCUT2D eigenvalue weighted by molar-refractivity contribution is 0.0482. The second kappa shape index (κ2) is 14.0. The molecule has 1 saturated heterocycles. The average molecular weight is 609 g/mol. The number of sulfonamides is 1. The van der Waals surface area contributed by atoms with Crippen LogP contribution in [0.5, 0.6) is 5.75 Å². The fraction of sp³-hybridized carbons (Fsp3) is 0.552. The summed E-state index contributed by atoms with van der Waals surface area (Å²) >= 11 is 0. The number of sulfone groups is 1. The third-order valence-corrected chi connectivity index (χ3v) is 11.3. The summed E-state index contributed by atoms with van der Waals surface area (Å²) in [7, 11) is -5.67. The Bertz CT molecular complexity index is 1340.